The predicted molar refractivity (Wildman–Crippen MR) is 40.9 cm³/mol. The van der Waals surface area contributed by atoms with Crippen LogP contribution in [0.1, 0.15) is 11.3 Å². The predicted octanol–water partition coefficient (Wildman–Crippen LogP) is 1.53. The molecular formula is C6H5ClN2O3. The van der Waals surface area contributed by atoms with Crippen molar-refractivity contribution in [1.29, 1.82) is 0 Å². The summed E-state index contributed by atoms with van der Waals surface area (Å²) in [6.07, 6.45) is 1.48. The van der Waals surface area contributed by atoms with Gasteiger partial charge in [-0.15, -0.1) is 10.1 Å². The van der Waals surface area contributed by atoms with Crippen LogP contribution in [-0.2, 0) is 4.84 Å². The first-order valence-corrected chi connectivity index (χ1v) is 3.50. The Labute approximate surface area is 73.0 Å². The number of hydrogen-bond donors (Lipinski definition) is 0. The van der Waals surface area contributed by atoms with Crippen molar-refractivity contribution in [2.75, 3.05) is 0 Å². The van der Waals surface area contributed by atoms with Gasteiger partial charge in [-0.3, -0.25) is 9.82 Å². The number of nitrogens with zero attached hydrogens (tertiary/aromatic N) is 2. The minimum atomic E-state index is -1.14. The highest BCUT2D eigenvalue weighted by Crippen LogP contribution is 2.18. The van der Waals surface area contributed by atoms with Crippen molar-refractivity contribution in [3.63, 3.8) is 0 Å². The molecule has 1 atom stereocenters. The van der Waals surface area contributed by atoms with Crippen molar-refractivity contribution in [2.45, 2.75) is 5.56 Å². The molecule has 5 nitrogen and oxygen atoms in total. The zero-order chi connectivity index (χ0) is 8.97. The maximum atomic E-state index is 9.85. The third-order valence-electron chi connectivity index (χ3n) is 1.10. The lowest BCUT2D eigenvalue weighted by molar-refractivity contribution is -0.764. The van der Waals surface area contributed by atoms with Crippen LogP contribution in [0.2, 0.25) is 0 Å². The number of rotatable bonds is 3. The number of alkyl halides is 1. The molecule has 0 bridgehead atoms. The summed E-state index contributed by atoms with van der Waals surface area (Å²) in [4.78, 5) is 17.7. The van der Waals surface area contributed by atoms with Gasteiger partial charge in [-0.2, -0.15) is 0 Å². The van der Waals surface area contributed by atoms with E-state index in [4.69, 9.17) is 11.6 Å². The summed E-state index contributed by atoms with van der Waals surface area (Å²) in [5.74, 6) is 0. The molecule has 1 aromatic rings. The molecule has 1 heterocycles. The average Bonchev–Trinajstić information content (AvgIpc) is 2.05. The normalized spacial score (nSPS) is 12.1. The number of pyridine rings is 1. The van der Waals surface area contributed by atoms with Crippen molar-refractivity contribution in [3.8, 4) is 0 Å². The molecule has 0 N–H and O–H groups in total. The average molecular weight is 189 g/mol. The SMILES string of the molecule is O=[N+]([O-])OC(Cl)c1ccccn1. The van der Waals surface area contributed by atoms with Crippen molar-refractivity contribution >= 4 is 11.6 Å². The van der Waals surface area contributed by atoms with Crippen LogP contribution in [0.4, 0.5) is 0 Å². The quantitative estimate of drug-likeness (QED) is 0.410. The van der Waals surface area contributed by atoms with E-state index in [-0.39, 0.29) is 0 Å². The summed E-state index contributed by atoms with van der Waals surface area (Å²) >= 11 is 5.47. The van der Waals surface area contributed by atoms with Gasteiger partial charge in [0.25, 0.3) is 5.09 Å². The highest BCUT2D eigenvalue weighted by molar-refractivity contribution is 6.19. The first kappa shape index (κ1) is 8.73. The van der Waals surface area contributed by atoms with Crippen LogP contribution in [0.25, 0.3) is 0 Å². The van der Waals surface area contributed by atoms with Crippen molar-refractivity contribution in [3.05, 3.63) is 40.2 Å². The molecule has 6 heteroatoms. The van der Waals surface area contributed by atoms with E-state index in [2.05, 4.69) is 9.82 Å². The van der Waals surface area contributed by atoms with Gasteiger partial charge in [0.2, 0.25) is 5.56 Å². The minimum absolute atomic E-state index is 0.316. The second-order valence-corrected chi connectivity index (χ2v) is 2.30. The minimum Gasteiger partial charge on any atom is -0.288 e. The van der Waals surface area contributed by atoms with Crippen LogP contribution in [-0.4, -0.2) is 10.1 Å². The molecule has 0 saturated carbocycles. The molecule has 0 fully saturated rings. The lowest BCUT2D eigenvalue weighted by atomic mass is 10.4. The van der Waals surface area contributed by atoms with Gasteiger partial charge in [0.15, 0.2) is 0 Å². The largest absolute Gasteiger partial charge is 0.296 e. The highest BCUT2D eigenvalue weighted by Gasteiger charge is 2.12. The molecule has 0 aliphatic heterocycles. The van der Waals surface area contributed by atoms with Gasteiger partial charge in [0.1, 0.15) is 0 Å². The Morgan fingerprint density at radius 3 is 2.92 bits per heavy atom. The van der Waals surface area contributed by atoms with E-state index in [1.165, 1.54) is 6.20 Å². The van der Waals surface area contributed by atoms with Crippen LogP contribution in [0.5, 0.6) is 0 Å². The third kappa shape index (κ3) is 2.35. The van der Waals surface area contributed by atoms with Crippen molar-refractivity contribution < 1.29 is 9.92 Å². The zero-order valence-electron chi connectivity index (χ0n) is 5.88. The summed E-state index contributed by atoms with van der Waals surface area (Å²) in [6.45, 7) is 0. The van der Waals surface area contributed by atoms with E-state index in [9.17, 15) is 10.1 Å². The van der Waals surface area contributed by atoms with E-state index in [0.717, 1.165) is 0 Å². The lowest BCUT2D eigenvalue weighted by Gasteiger charge is -2.04. The Balaban J connectivity index is 2.65. The highest BCUT2D eigenvalue weighted by atomic mass is 35.5. The Kier molecular flexibility index (Phi) is 2.82. The topological polar surface area (TPSA) is 65.3 Å². The first-order valence-electron chi connectivity index (χ1n) is 3.06. The fraction of sp³-hybridized carbons (Fsp3) is 0.167. The van der Waals surface area contributed by atoms with Gasteiger partial charge < -0.3 is 0 Å². The van der Waals surface area contributed by atoms with Crippen LogP contribution in [0.15, 0.2) is 24.4 Å². The van der Waals surface area contributed by atoms with E-state index in [1.54, 1.807) is 18.2 Å². The van der Waals surface area contributed by atoms with E-state index in [1.807, 2.05) is 0 Å². The summed E-state index contributed by atoms with van der Waals surface area (Å²) in [7, 11) is 0. The van der Waals surface area contributed by atoms with E-state index in [0.29, 0.717) is 5.69 Å². The van der Waals surface area contributed by atoms with Crippen LogP contribution < -0.4 is 0 Å². The second kappa shape index (κ2) is 3.87. The molecule has 64 valence electrons. The summed E-state index contributed by atoms with van der Waals surface area (Å²) < 4.78 is 0. The van der Waals surface area contributed by atoms with Crippen LogP contribution >= 0.6 is 11.6 Å². The van der Waals surface area contributed by atoms with Gasteiger partial charge in [-0.05, 0) is 12.1 Å². The summed E-state index contributed by atoms with van der Waals surface area (Å²) in [6, 6.07) is 4.89. The molecule has 0 radical (unpaired) electrons. The summed E-state index contributed by atoms with van der Waals surface area (Å²) in [5.41, 5.74) is -0.822. The first-order chi connectivity index (χ1) is 5.70. The fourth-order valence-corrected chi connectivity index (χ4v) is 0.834. The van der Waals surface area contributed by atoms with E-state index >= 15 is 0 Å². The Bertz CT molecular complexity index is 267. The molecule has 1 unspecified atom stereocenters. The monoisotopic (exact) mass is 188 g/mol. The van der Waals surface area contributed by atoms with Crippen molar-refractivity contribution in [2.24, 2.45) is 0 Å². The van der Waals surface area contributed by atoms with Gasteiger partial charge in [0.05, 0.1) is 5.69 Å². The third-order valence-corrected chi connectivity index (χ3v) is 1.40. The van der Waals surface area contributed by atoms with Gasteiger partial charge >= 0.3 is 0 Å². The van der Waals surface area contributed by atoms with Gasteiger partial charge in [0, 0.05) is 6.20 Å². The molecule has 0 saturated heterocycles. The molecule has 0 aromatic carbocycles. The van der Waals surface area contributed by atoms with Gasteiger partial charge in [-0.1, -0.05) is 17.7 Å². The van der Waals surface area contributed by atoms with Crippen LogP contribution in [0.3, 0.4) is 0 Å². The van der Waals surface area contributed by atoms with Crippen LogP contribution in [0, 0.1) is 10.1 Å². The molecule has 1 aromatic heterocycles. The number of hydrogen-bond acceptors (Lipinski definition) is 4. The Morgan fingerprint density at radius 1 is 1.67 bits per heavy atom. The van der Waals surface area contributed by atoms with Gasteiger partial charge in [-0.25, -0.2) is 0 Å². The fourth-order valence-electron chi connectivity index (χ4n) is 0.640. The molecule has 0 amide bonds. The molecule has 1 rings (SSSR count). The second-order valence-electron chi connectivity index (χ2n) is 1.90. The molecule has 0 aliphatic rings. The maximum Gasteiger partial charge on any atom is 0.296 e. The molecule has 0 aliphatic carbocycles. The lowest BCUT2D eigenvalue weighted by Crippen LogP contribution is -2.05. The maximum absolute atomic E-state index is 9.85. The number of aromatic nitrogens is 1. The Hall–Kier alpha value is -1.36. The molecule has 0 spiro atoms. The molecule has 12 heavy (non-hydrogen) atoms. The summed E-state index contributed by atoms with van der Waals surface area (Å²) in [5, 5.41) is 8.90. The van der Waals surface area contributed by atoms with Crippen molar-refractivity contribution in [1.82, 2.24) is 4.98 Å². The smallest absolute Gasteiger partial charge is 0.288 e. The number of halogens is 1. The standard InChI is InChI=1S/C6H5ClN2O3/c7-6(12-9(10)11)5-3-1-2-4-8-5/h1-4,6H. The van der Waals surface area contributed by atoms with E-state index < -0.39 is 10.6 Å². The molecular weight excluding hydrogens is 184 g/mol. The Morgan fingerprint density at radius 2 is 2.42 bits per heavy atom. The zero-order valence-corrected chi connectivity index (χ0v) is 6.64.